The number of aryl methyl sites for hydroxylation is 1. The standard InChI is InChI=1S/C23H20O2/c1-14-8-6-11-17(15(14)2)21-20(16-9-4-3-5-10-16)22(24)18-12-7-13-19-23(18,21)25-19/h3-13,19-21H,1-2H3. The maximum absolute atomic E-state index is 13.4. The predicted molar refractivity (Wildman–Crippen MR) is 97.7 cm³/mol. The fourth-order valence-electron chi connectivity index (χ4n) is 4.74. The highest BCUT2D eigenvalue weighted by atomic mass is 16.6. The van der Waals surface area contributed by atoms with E-state index in [1.165, 1.54) is 16.7 Å². The molecule has 0 radical (unpaired) electrons. The molecule has 1 aliphatic heterocycles. The van der Waals surface area contributed by atoms with Gasteiger partial charge in [0.2, 0.25) is 0 Å². The van der Waals surface area contributed by atoms with E-state index in [1.54, 1.807) is 0 Å². The lowest BCUT2D eigenvalue weighted by molar-refractivity contribution is -0.116. The van der Waals surface area contributed by atoms with E-state index in [4.69, 9.17) is 4.74 Å². The van der Waals surface area contributed by atoms with Crippen molar-refractivity contribution in [1.29, 1.82) is 0 Å². The van der Waals surface area contributed by atoms with Gasteiger partial charge < -0.3 is 4.74 Å². The maximum Gasteiger partial charge on any atom is 0.170 e. The lowest BCUT2D eigenvalue weighted by Crippen LogP contribution is -2.25. The van der Waals surface area contributed by atoms with Crippen molar-refractivity contribution in [3.05, 3.63) is 94.6 Å². The van der Waals surface area contributed by atoms with Crippen LogP contribution in [0.4, 0.5) is 0 Å². The van der Waals surface area contributed by atoms with Gasteiger partial charge in [-0.05, 0) is 36.1 Å². The molecular formula is C23H20O2. The Kier molecular flexibility index (Phi) is 2.99. The van der Waals surface area contributed by atoms with E-state index < -0.39 is 5.60 Å². The summed E-state index contributed by atoms with van der Waals surface area (Å²) in [4.78, 5) is 13.4. The average molecular weight is 328 g/mol. The van der Waals surface area contributed by atoms with Gasteiger partial charge in [0.1, 0.15) is 11.7 Å². The summed E-state index contributed by atoms with van der Waals surface area (Å²) in [5.74, 6) is 0.0605. The molecule has 1 saturated heterocycles. The van der Waals surface area contributed by atoms with Crippen LogP contribution in [0.1, 0.15) is 34.1 Å². The third kappa shape index (κ3) is 1.86. The van der Waals surface area contributed by atoms with Gasteiger partial charge in [0.25, 0.3) is 0 Å². The third-order valence-corrected chi connectivity index (χ3v) is 6.14. The summed E-state index contributed by atoms with van der Waals surface area (Å²) >= 11 is 0. The van der Waals surface area contributed by atoms with Crippen molar-refractivity contribution in [2.45, 2.75) is 37.4 Å². The minimum Gasteiger partial charge on any atom is -0.356 e. The number of hydrogen-bond acceptors (Lipinski definition) is 2. The highest BCUT2D eigenvalue weighted by molar-refractivity contribution is 6.08. The molecule has 0 aromatic heterocycles. The number of carbonyl (C=O) groups is 1. The third-order valence-electron chi connectivity index (χ3n) is 6.14. The molecule has 0 N–H and O–H groups in total. The van der Waals surface area contributed by atoms with Gasteiger partial charge >= 0.3 is 0 Å². The maximum atomic E-state index is 13.4. The van der Waals surface area contributed by atoms with Gasteiger partial charge in [-0.1, -0.05) is 66.8 Å². The van der Waals surface area contributed by atoms with Crippen LogP contribution in [0, 0.1) is 13.8 Å². The molecule has 4 atom stereocenters. The first kappa shape index (κ1) is 14.9. The number of hydrogen-bond donors (Lipinski definition) is 0. The van der Waals surface area contributed by atoms with Gasteiger partial charge in [-0.15, -0.1) is 0 Å². The summed E-state index contributed by atoms with van der Waals surface area (Å²) in [6.45, 7) is 4.29. The molecule has 1 heterocycles. The summed E-state index contributed by atoms with van der Waals surface area (Å²) in [6.07, 6.45) is 6.04. The molecule has 2 fully saturated rings. The Labute approximate surface area is 147 Å². The van der Waals surface area contributed by atoms with Gasteiger partial charge in [-0.25, -0.2) is 0 Å². The second-order valence-electron chi connectivity index (χ2n) is 7.32. The molecule has 3 aliphatic rings. The molecule has 2 nitrogen and oxygen atoms in total. The van der Waals surface area contributed by atoms with Gasteiger partial charge in [0.15, 0.2) is 5.78 Å². The molecule has 25 heavy (non-hydrogen) atoms. The number of epoxide rings is 1. The lowest BCUT2D eigenvalue weighted by atomic mass is 9.75. The molecule has 1 spiro atoms. The molecule has 4 unspecified atom stereocenters. The Bertz CT molecular complexity index is 938. The van der Waals surface area contributed by atoms with Crippen LogP contribution in [0.25, 0.3) is 0 Å². The van der Waals surface area contributed by atoms with Crippen molar-refractivity contribution in [2.24, 2.45) is 0 Å². The minimum atomic E-state index is -0.467. The number of Topliss-reactive ketones (excluding diaryl/α,β-unsaturated/α-hetero) is 1. The van der Waals surface area contributed by atoms with Crippen LogP contribution in [0.5, 0.6) is 0 Å². The van der Waals surface area contributed by atoms with Crippen molar-refractivity contribution in [2.75, 3.05) is 0 Å². The second-order valence-corrected chi connectivity index (χ2v) is 7.32. The number of ketones is 1. The fourth-order valence-corrected chi connectivity index (χ4v) is 4.74. The zero-order valence-electron chi connectivity index (χ0n) is 14.4. The van der Waals surface area contributed by atoms with Crippen molar-refractivity contribution in [3.63, 3.8) is 0 Å². The van der Waals surface area contributed by atoms with E-state index in [0.717, 1.165) is 11.1 Å². The minimum absolute atomic E-state index is 0.0232. The predicted octanol–water partition coefficient (Wildman–Crippen LogP) is 4.39. The Morgan fingerprint density at radius 2 is 1.80 bits per heavy atom. The quantitative estimate of drug-likeness (QED) is 0.765. The molecule has 1 saturated carbocycles. The summed E-state index contributed by atoms with van der Waals surface area (Å²) in [5, 5.41) is 0. The van der Waals surface area contributed by atoms with Gasteiger partial charge in [0.05, 0.1) is 5.92 Å². The van der Waals surface area contributed by atoms with Crippen LogP contribution in [-0.4, -0.2) is 17.5 Å². The van der Waals surface area contributed by atoms with Crippen molar-refractivity contribution in [3.8, 4) is 0 Å². The summed E-state index contributed by atoms with van der Waals surface area (Å²) < 4.78 is 6.20. The molecule has 2 aliphatic carbocycles. The Morgan fingerprint density at radius 3 is 2.60 bits per heavy atom. The molecule has 2 aromatic rings. The largest absolute Gasteiger partial charge is 0.356 e. The molecule has 0 bridgehead atoms. The van der Waals surface area contributed by atoms with Crippen molar-refractivity contribution >= 4 is 5.78 Å². The van der Waals surface area contributed by atoms with Crippen LogP contribution in [0.2, 0.25) is 0 Å². The van der Waals surface area contributed by atoms with E-state index in [0.29, 0.717) is 0 Å². The first-order valence-corrected chi connectivity index (χ1v) is 8.86. The fraction of sp³-hybridized carbons (Fsp3) is 0.261. The van der Waals surface area contributed by atoms with E-state index in [-0.39, 0.29) is 23.7 Å². The van der Waals surface area contributed by atoms with Crippen molar-refractivity contribution < 1.29 is 9.53 Å². The monoisotopic (exact) mass is 328 g/mol. The Balaban J connectivity index is 1.75. The number of benzene rings is 2. The van der Waals surface area contributed by atoms with Gasteiger partial charge in [-0.2, -0.15) is 0 Å². The molecule has 5 rings (SSSR count). The van der Waals surface area contributed by atoms with E-state index >= 15 is 0 Å². The summed E-state index contributed by atoms with van der Waals surface area (Å²) in [5.41, 5.74) is 5.22. The highest BCUT2D eigenvalue weighted by Crippen LogP contribution is 2.65. The molecule has 0 amide bonds. The second kappa shape index (κ2) is 5.03. The normalized spacial score (nSPS) is 32.2. The van der Waals surface area contributed by atoms with E-state index in [1.807, 2.05) is 30.4 Å². The topological polar surface area (TPSA) is 29.6 Å². The summed E-state index contributed by atoms with van der Waals surface area (Å²) in [7, 11) is 0. The van der Waals surface area contributed by atoms with E-state index in [9.17, 15) is 4.79 Å². The Hall–Kier alpha value is -2.45. The van der Waals surface area contributed by atoms with Gasteiger partial charge in [0, 0.05) is 11.5 Å². The van der Waals surface area contributed by atoms with Crippen LogP contribution < -0.4 is 0 Å². The number of ether oxygens (including phenoxy) is 1. The van der Waals surface area contributed by atoms with Crippen LogP contribution in [0.3, 0.4) is 0 Å². The molecular weight excluding hydrogens is 308 g/mol. The Morgan fingerprint density at radius 1 is 1.00 bits per heavy atom. The number of rotatable bonds is 2. The SMILES string of the molecule is Cc1cccc(C2C(c3ccccc3)C(=O)C3=CC=CC4OC342)c1C. The van der Waals surface area contributed by atoms with Crippen molar-refractivity contribution in [1.82, 2.24) is 0 Å². The number of carbonyl (C=O) groups excluding carboxylic acids is 1. The zero-order valence-corrected chi connectivity index (χ0v) is 14.4. The van der Waals surface area contributed by atoms with Crippen LogP contribution in [-0.2, 0) is 9.53 Å². The average Bonchev–Trinajstić information content (AvgIpc) is 3.32. The van der Waals surface area contributed by atoms with Crippen LogP contribution >= 0.6 is 0 Å². The molecule has 2 heteroatoms. The number of allylic oxidation sites excluding steroid dienone is 2. The van der Waals surface area contributed by atoms with E-state index in [2.05, 4.69) is 50.3 Å². The summed E-state index contributed by atoms with van der Waals surface area (Å²) in [6, 6.07) is 16.6. The lowest BCUT2D eigenvalue weighted by Gasteiger charge is -2.25. The highest BCUT2D eigenvalue weighted by Gasteiger charge is 2.72. The molecule has 124 valence electrons. The first-order valence-electron chi connectivity index (χ1n) is 8.86. The zero-order chi connectivity index (χ0) is 17.2. The van der Waals surface area contributed by atoms with Crippen LogP contribution in [0.15, 0.2) is 72.3 Å². The smallest absolute Gasteiger partial charge is 0.170 e. The first-order chi connectivity index (χ1) is 12.1. The molecule has 2 aromatic carbocycles. The van der Waals surface area contributed by atoms with Gasteiger partial charge in [-0.3, -0.25) is 4.79 Å².